The topological polar surface area (TPSA) is 76.2 Å². The quantitative estimate of drug-likeness (QED) is 0.315. The maximum Gasteiger partial charge on any atom is 0.271 e. The smallest absolute Gasteiger partial charge is 0.271 e. The lowest BCUT2D eigenvalue weighted by Crippen LogP contribution is -2.51. The van der Waals surface area contributed by atoms with E-state index in [2.05, 4.69) is 80.3 Å². The maximum atomic E-state index is 12.7. The molecule has 2 N–H and O–H groups in total. The lowest BCUT2D eigenvalue weighted by molar-refractivity contribution is 0.0842. The highest BCUT2D eigenvalue weighted by molar-refractivity contribution is 7.15. The van der Waals surface area contributed by atoms with Crippen LogP contribution in [0.1, 0.15) is 49.5 Å². The van der Waals surface area contributed by atoms with Gasteiger partial charge in [-0.2, -0.15) is 0 Å². The van der Waals surface area contributed by atoms with Gasteiger partial charge in [-0.3, -0.25) is 4.79 Å². The number of ether oxygens (including phenoxy) is 1. The number of hydrogen-bond donors (Lipinski definition) is 2. The van der Waals surface area contributed by atoms with E-state index >= 15 is 0 Å². The molecule has 3 rings (SSSR count). The summed E-state index contributed by atoms with van der Waals surface area (Å²) in [4.78, 5) is 22.2. The Morgan fingerprint density at radius 2 is 2.00 bits per heavy atom. The van der Waals surface area contributed by atoms with Crippen molar-refractivity contribution in [3.05, 3.63) is 59.5 Å². The van der Waals surface area contributed by atoms with Crippen molar-refractivity contribution in [2.45, 2.75) is 71.3 Å². The van der Waals surface area contributed by atoms with Crippen LogP contribution in [0.4, 0.5) is 0 Å². The maximum absolute atomic E-state index is 12.7. The first-order chi connectivity index (χ1) is 16.0. The van der Waals surface area contributed by atoms with Crippen molar-refractivity contribution < 1.29 is 14.0 Å². The monoisotopic (exact) mass is 499 g/mol. The highest BCUT2D eigenvalue weighted by Gasteiger charge is 2.40. The van der Waals surface area contributed by atoms with Gasteiger partial charge in [-0.05, 0) is 61.8 Å². The average Bonchev–Trinajstić information content (AvgIpc) is 3.44. The molecule has 0 saturated carbocycles. The fourth-order valence-corrected chi connectivity index (χ4v) is 5.72. The summed E-state index contributed by atoms with van der Waals surface area (Å²) in [5.74, 6) is 0.603. The van der Waals surface area contributed by atoms with Gasteiger partial charge in [0.15, 0.2) is 8.32 Å². The number of benzene rings is 1. The molecular weight excluding hydrogens is 462 g/mol. The molecule has 0 aliphatic rings. The predicted octanol–water partition coefficient (Wildman–Crippen LogP) is 6.42. The Hall–Kier alpha value is -2.42. The van der Waals surface area contributed by atoms with Crippen molar-refractivity contribution in [1.82, 2.24) is 15.3 Å². The van der Waals surface area contributed by atoms with Crippen molar-refractivity contribution in [1.29, 1.82) is 0 Å². The fraction of sp³-hybridized carbons (Fsp3) is 0.462. The number of imidazole rings is 1. The van der Waals surface area contributed by atoms with Gasteiger partial charge in [0.2, 0.25) is 0 Å². The van der Waals surface area contributed by atoms with E-state index in [1.807, 2.05) is 19.1 Å². The van der Waals surface area contributed by atoms with Gasteiger partial charge < -0.3 is 19.5 Å². The summed E-state index contributed by atoms with van der Waals surface area (Å²) in [7, 11) is -2.01. The number of hydrogen-bond acceptors (Lipinski definition) is 5. The Labute approximate surface area is 208 Å². The van der Waals surface area contributed by atoms with Crippen LogP contribution in [0, 0.1) is 6.92 Å². The number of thiophene rings is 1. The molecule has 0 fully saturated rings. The molecule has 0 unspecified atom stereocenters. The summed E-state index contributed by atoms with van der Waals surface area (Å²) in [6.07, 6.45) is 3.56. The van der Waals surface area contributed by atoms with Crippen molar-refractivity contribution in [2.75, 3.05) is 6.61 Å². The molecule has 0 bridgehead atoms. The Morgan fingerprint density at radius 3 is 2.62 bits per heavy atom. The standard InChI is InChI=1S/C26H37N3O3SSi/c1-18-11-12-24(33-18)20-9-8-10-21(15-20)31-14-13-22(29-25(30)23-16-27-17-28-23)19(2)32-34(6,7)26(3,4)5/h8-12,15-17,19,22H,13-14H2,1-7H3,(H,27,28)(H,29,30)/t19-,22+/m0/s1. The van der Waals surface area contributed by atoms with E-state index in [0.717, 1.165) is 11.3 Å². The second kappa shape index (κ2) is 10.9. The third-order valence-corrected chi connectivity index (χ3v) is 12.1. The molecule has 6 nitrogen and oxygen atoms in total. The summed E-state index contributed by atoms with van der Waals surface area (Å²) >= 11 is 1.77. The van der Waals surface area contributed by atoms with Crippen LogP contribution in [0.2, 0.25) is 18.1 Å². The second-order valence-electron chi connectivity index (χ2n) is 10.2. The SMILES string of the molecule is Cc1ccc(-c2cccc(OCC[C@@H](NC(=O)c3c[nH]cn3)[C@H](C)O[Si](C)(C)C(C)(C)C)c2)s1. The van der Waals surface area contributed by atoms with Crippen molar-refractivity contribution in [3.8, 4) is 16.2 Å². The van der Waals surface area contributed by atoms with Gasteiger partial charge in [-0.15, -0.1) is 11.3 Å². The van der Waals surface area contributed by atoms with Crippen LogP contribution in [-0.4, -0.2) is 42.9 Å². The number of rotatable bonds is 10. The molecule has 0 radical (unpaired) electrons. The summed E-state index contributed by atoms with van der Waals surface area (Å²) in [6.45, 7) is 15.7. The van der Waals surface area contributed by atoms with Crippen LogP contribution >= 0.6 is 11.3 Å². The number of aryl methyl sites for hydroxylation is 1. The molecule has 34 heavy (non-hydrogen) atoms. The molecule has 2 atom stereocenters. The summed E-state index contributed by atoms with van der Waals surface area (Å²) in [5, 5.41) is 3.20. The first-order valence-electron chi connectivity index (χ1n) is 11.7. The van der Waals surface area contributed by atoms with Crippen LogP contribution in [0.15, 0.2) is 48.9 Å². The zero-order valence-electron chi connectivity index (χ0n) is 21.3. The molecular formula is C26H37N3O3SSi. The normalized spacial score (nSPS) is 14.0. The molecule has 0 spiro atoms. The van der Waals surface area contributed by atoms with E-state index in [1.165, 1.54) is 16.1 Å². The van der Waals surface area contributed by atoms with Crippen molar-refractivity contribution in [2.24, 2.45) is 0 Å². The third kappa shape index (κ3) is 6.80. The van der Waals surface area contributed by atoms with Crippen LogP contribution < -0.4 is 10.1 Å². The van der Waals surface area contributed by atoms with Crippen LogP contribution in [0.3, 0.4) is 0 Å². The van der Waals surface area contributed by atoms with Crippen LogP contribution in [-0.2, 0) is 4.43 Å². The second-order valence-corrected chi connectivity index (χ2v) is 16.2. The molecule has 0 saturated heterocycles. The molecule has 184 valence electrons. The molecule has 0 aliphatic heterocycles. The molecule has 1 amide bonds. The largest absolute Gasteiger partial charge is 0.493 e. The zero-order chi connectivity index (χ0) is 24.9. The average molecular weight is 500 g/mol. The Kier molecular flexibility index (Phi) is 8.38. The summed E-state index contributed by atoms with van der Waals surface area (Å²) in [6, 6.07) is 12.2. The Morgan fingerprint density at radius 1 is 1.24 bits per heavy atom. The van der Waals surface area contributed by atoms with E-state index in [9.17, 15) is 4.79 Å². The Bertz CT molecular complexity index is 1070. The van der Waals surface area contributed by atoms with Crippen molar-refractivity contribution >= 4 is 25.6 Å². The molecule has 3 aromatic rings. The van der Waals surface area contributed by atoms with Crippen LogP contribution in [0.5, 0.6) is 5.75 Å². The van der Waals surface area contributed by atoms with Gasteiger partial charge in [0, 0.05) is 22.4 Å². The first-order valence-corrected chi connectivity index (χ1v) is 15.5. The summed E-state index contributed by atoms with van der Waals surface area (Å²) < 4.78 is 12.7. The molecule has 2 heterocycles. The number of nitrogens with one attached hydrogen (secondary N) is 2. The van der Waals surface area contributed by atoms with Gasteiger partial charge >= 0.3 is 0 Å². The number of aromatic amines is 1. The van der Waals surface area contributed by atoms with Gasteiger partial charge in [-0.1, -0.05) is 32.9 Å². The number of carbonyl (C=O) groups is 1. The van der Waals surface area contributed by atoms with E-state index in [1.54, 1.807) is 17.5 Å². The third-order valence-electron chi connectivity index (χ3n) is 6.46. The minimum absolute atomic E-state index is 0.0785. The van der Waals surface area contributed by atoms with E-state index < -0.39 is 8.32 Å². The van der Waals surface area contributed by atoms with Gasteiger partial charge in [0.25, 0.3) is 5.91 Å². The Balaban J connectivity index is 1.68. The van der Waals surface area contributed by atoms with Crippen LogP contribution in [0.25, 0.3) is 10.4 Å². The first kappa shape index (κ1) is 26.2. The van der Waals surface area contributed by atoms with Gasteiger partial charge in [0.1, 0.15) is 11.4 Å². The lowest BCUT2D eigenvalue weighted by atomic mass is 10.1. The number of H-pyrrole nitrogens is 1. The predicted molar refractivity (Wildman–Crippen MR) is 142 cm³/mol. The molecule has 2 aromatic heterocycles. The number of nitrogens with zero attached hydrogens (tertiary/aromatic N) is 1. The van der Waals surface area contributed by atoms with Gasteiger partial charge in [0.05, 0.1) is 25.1 Å². The zero-order valence-corrected chi connectivity index (χ0v) is 23.1. The highest BCUT2D eigenvalue weighted by atomic mass is 32.1. The van der Waals surface area contributed by atoms with Gasteiger partial charge in [-0.25, -0.2) is 4.98 Å². The highest BCUT2D eigenvalue weighted by Crippen LogP contribution is 2.37. The van der Waals surface area contributed by atoms with Crippen molar-refractivity contribution in [3.63, 3.8) is 0 Å². The number of amides is 1. The van der Waals surface area contributed by atoms with E-state index in [0.29, 0.717) is 18.7 Å². The number of carbonyl (C=O) groups excluding carboxylic acids is 1. The fourth-order valence-electron chi connectivity index (χ4n) is 3.41. The lowest BCUT2D eigenvalue weighted by Gasteiger charge is -2.40. The molecule has 1 aromatic carbocycles. The minimum atomic E-state index is -2.01. The van der Waals surface area contributed by atoms with E-state index in [4.69, 9.17) is 9.16 Å². The molecule has 8 heteroatoms. The number of aromatic nitrogens is 2. The summed E-state index contributed by atoms with van der Waals surface area (Å²) in [5.41, 5.74) is 1.51. The minimum Gasteiger partial charge on any atom is -0.493 e. The molecule has 0 aliphatic carbocycles. The van der Waals surface area contributed by atoms with E-state index in [-0.39, 0.29) is 23.1 Å².